The van der Waals surface area contributed by atoms with E-state index in [0.29, 0.717) is 6.54 Å². The second-order valence-corrected chi connectivity index (χ2v) is 3.92. The minimum atomic E-state index is 0.623. The molecule has 7 heteroatoms. The highest BCUT2D eigenvalue weighted by molar-refractivity contribution is 4.55. The summed E-state index contributed by atoms with van der Waals surface area (Å²) in [5, 5.41) is 7.80. The highest BCUT2D eigenvalue weighted by atomic mass is 16.3. The Balaban J connectivity index is 3.36. The van der Waals surface area contributed by atoms with Gasteiger partial charge in [0.1, 0.15) is 0 Å². The first-order chi connectivity index (χ1) is 8.35. The molecule has 0 saturated carbocycles. The molecule has 0 amide bonds. The van der Waals surface area contributed by atoms with E-state index in [1.54, 1.807) is 5.01 Å². The average Bonchev–Trinajstić information content (AvgIpc) is 2.34. The quantitative estimate of drug-likeness (QED) is 0.199. The summed E-state index contributed by atoms with van der Waals surface area (Å²) in [6, 6.07) is 0. The highest BCUT2D eigenvalue weighted by Gasteiger charge is 2.02. The maximum absolute atomic E-state index is 10.1. The van der Waals surface area contributed by atoms with E-state index in [1.807, 2.05) is 0 Å². The molecule has 0 atom stereocenters. The molecule has 0 aromatic carbocycles. The molecule has 0 spiro atoms. The summed E-state index contributed by atoms with van der Waals surface area (Å²) in [6.07, 6.45) is 3.96. The monoisotopic (exact) mass is 246 g/mol. The molecule has 0 fully saturated rings. The van der Waals surface area contributed by atoms with Crippen LogP contribution in [-0.4, -0.2) is 44.3 Å². The van der Waals surface area contributed by atoms with Crippen molar-refractivity contribution in [2.24, 2.45) is 16.8 Å². The molecule has 0 rings (SSSR count). The van der Waals surface area contributed by atoms with E-state index in [9.17, 15) is 4.91 Å². The average molecular weight is 246 g/mol. The molecular formula is C10H26N6O. The van der Waals surface area contributed by atoms with Crippen LogP contribution in [0.1, 0.15) is 25.7 Å². The lowest BCUT2D eigenvalue weighted by Gasteiger charge is -2.18. The van der Waals surface area contributed by atoms with E-state index in [0.717, 1.165) is 58.4 Å². The zero-order valence-corrected chi connectivity index (χ0v) is 10.5. The smallest absolute Gasteiger partial charge is 0.0658 e. The number of hydrogen-bond donors (Lipinski definition) is 4. The van der Waals surface area contributed by atoms with Crippen LogP contribution in [0.3, 0.4) is 0 Å². The summed E-state index contributed by atoms with van der Waals surface area (Å²) >= 11 is 0. The molecule has 17 heavy (non-hydrogen) atoms. The topological polar surface area (TPSA) is 109 Å². The summed E-state index contributed by atoms with van der Waals surface area (Å²) in [4.78, 5) is 10.1. The summed E-state index contributed by atoms with van der Waals surface area (Å²) in [6.45, 7) is 4.88. The zero-order chi connectivity index (χ0) is 12.8. The van der Waals surface area contributed by atoms with Crippen LogP contribution in [0, 0.1) is 4.91 Å². The zero-order valence-electron chi connectivity index (χ0n) is 10.5. The van der Waals surface area contributed by atoms with Crippen LogP contribution < -0.4 is 22.3 Å². The Bertz CT molecular complexity index is 169. The SMILES string of the molecule is NCCCNCCCCN(CCCN)NN=O. The van der Waals surface area contributed by atoms with Gasteiger partial charge in [0, 0.05) is 13.1 Å². The van der Waals surface area contributed by atoms with Crippen molar-refractivity contribution in [3.8, 4) is 0 Å². The van der Waals surface area contributed by atoms with Gasteiger partial charge in [-0.15, -0.1) is 4.91 Å². The second kappa shape index (κ2) is 13.3. The van der Waals surface area contributed by atoms with Crippen LogP contribution in [0.15, 0.2) is 5.29 Å². The van der Waals surface area contributed by atoms with Gasteiger partial charge in [-0.1, -0.05) is 0 Å². The minimum Gasteiger partial charge on any atom is -0.330 e. The van der Waals surface area contributed by atoms with Crippen molar-refractivity contribution < 1.29 is 0 Å². The van der Waals surface area contributed by atoms with E-state index >= 15 is 0 Å². The number of unbranched alkanes of at least 4 members (excludes halogenated alkanes) is 1. The highest BCUT2D eigenvalue weighted by Crippen LogP contribution is 1.93. The maximum atomic E-state index is 10.1. The van der Waals surface area contributed by atoms with Gasteiger partial charge in [-0.3, -0.25) is 0 Å². The van der Waals surface area contributed by atoms with E-state index in [1.165, 1.54) is 0 Å². The Morgan fingerprint density at radius 3 is 2.24 bits per heavy atom. The van der Waals surface area contributed by atoms with Crippen molar-refractivity contribution >= 4 is 0 Å². The molecule has 0 aromatic rings. The van der Waals surface area contributed by atoms with Gasteiger partial charge in [0.25, 0.3) is 0 Å². The Morgan fingerprint density at radius 1 is 0.941 bits per heavy atom. The number of nitrogens with zero attached hydrogens (tertiary/aromatic N) is 2. The first kappa shape index (κ1) is 16.2. The predicted molar refractivity (Wildman–Crippen MR) is 70.0 cm³/mol. The fourth-order valence-corrected chi connectivity index (χ4v) is 1.46. The molecule has 0 aromatic heterocycles. The Labute approximate surface area is 103 Å². The molecule has 0 saturated heterocycles. The van der Waals surface area contributed by atoms with Crippen LogP contribution >= 0.6 is 0 Å². The Hall–Kier alpha value is -0.760. The van der Waals surface area contributed by atoms with Crippen molar-refractivity contribution in [3.63, 3.8) is 0 Å². The van der Waals surface area contributed by atoms with Crippen molar-refractivity contribution in [1.29, 1.82) is 0 Å². The van der Waals surface area contributed by atoms with Gasteiger partial charge in [-0.05, 0) is 51.9 Å². The number of nitroso groups, excluding NO2 is 1. The number of rotatable bonds is 13. The third-order valence-corrected chi connectivity index (χ3v) is 2.40. The molecule has 7 nitrogen and oxygen atoms in total. The first-order valence-electron chi connectivity index (χ1n) is 6.29. The van der Waals surface area contributed by atoms with Gasteiger partial charge in [-0.25, -0.2) is 10.5 Å². The van der Waals surface area contributed by atoms with Crippen LogP contribution in [0.2, 0.25) is 0 Å². The lowest BCUT2D eigenvalue weighted by atomic mass is 10.3. The molecule has 0 heterocycles. The molecule has 0 aliphatic carbocycles. The van der Waals surface area contributed by atoms with Crippen LogP contribution in [-0.2, 0) is 0 Å². The summed E-state index contributed by atoms with van der Waals surface area (Å²) in [5.74, 6) is 0. The van der Waals surface area contributed by atoms with E-state index in [4.69, 9.17) is 11.5 Å². The lowest BCUT2D eigenvalue weighted by Crippen LogP contribution is -2.36. The van der Waals surface area contributed by atoms with E-state index < -0.39 is 0 Å². The van der Waals surface area contributed by atoms with Gasteiger partial charge in [0.15, 0.2) is 0 Å². The van der Waals surface area contributed by atoms with Crippen LogP contribution in [0.5, 0.6) is 0 Å². The summed E-state index contributed by atoms with van der Waals surface area (Å²) < 4.78 is 0. The Morgan fingerprint density at radius 2 is 1.59 bits per heavy atom. The van der Waals surface area contributed by atoms with Crippen molar-refractivity contribution in [2.45, 2.75) is 25.7 Å². The normalized spacial score (nSPS) is 10.8. The molecule has 0 radical (unpaired) electrons. The standard InChI is InChI=1S/C10H26N6O/c11-5-3-8-13-7-1-2-9-16(14-15-17)10-4-6-12/h13H,1-12H2,(H,14,17). The van der Waals surface area contributed by atoms with Gasteiger partial charge in [0.2, 0.25) is 0 Å². The fourth-order valence-electron chi connectivity index (χ4n) is 1.46. The summed E-state index contributed by atoms with van der Waals surface area (Å²) in [5.41, 5.74) is 13.2. The van der Waals surface area contributed by atoms with E-state index in [-0.39, 0.29) is 0 Å². The summed E-state index contributed by atoms with van der Waals surface area (Å²) in [7, 11) is 0. The van der Waals surface area contributed by atoms with Crippen molar-refractivity contribution in [3.05, 3.63) is 4.91 Å². The number of nitrogens with two attached hydrogens (primary N) is 2. The predicted octanol–water partition coefficient (Wildman–Crippen LogP) is -0.458. The second-order valence-electron chi connectivity index (χ2n) is 3.92. The van der Waals surface area contributed by atoms with Gasteiger partial charge in [-0.2, -0.15) is 0 Å². The first-order valence-corrected chi connectivity index (χ1v) is 6.29. The lowest BCUT2D eigenvalue weighted by molar-refractivity contribution is 0.185. The van der Waals surface area contributed by atoms with Crippen LogP contribution in [0.4, 0.5) is 0 Å². The molecule has 102 valence electrons. The van der Waals surface area contributed by atoms with E-state index in [2.05, 4.69) is 16.1 Å². The molecule has 0 unspecified atom stereocenters. The van der Waals surface area contributed by atoms with Gasteiger partial charge >= 0.3 is 0 Å². The van der Waals surface area contributed by atoms with Crippen molar-refractivity contribution in [2.75, 3.05) is 39.3 Å². The minimum absolute atomic E-state index is 0.623. The maximum Gasteiger partial charge on any atom is 0.0658 e. The number of nitrogens with one attached hydrogen (secondary N) is 2. The van der Waals surface area contributed by atoms with Crippen molar-refractivity contribution in [1.82, 2.24) is 15.9 Å². The number of hydrogen-bond acceptors (Lipinski definition) is 6. The number of hydrazine groups is 1. The van der Waals surface area contributed by atoms with Gasteiger partial charge in [0.05, 0.1) is 5.29 Å². The molecule has 0 bridgehead atoms. The molecule has 6 N–H and O–H groups in total. The molecule has 0 aliphatic heterocycles. The third kappa shape index (κ3) is 11.5. The Kier molecular flexibility index (Phi) is 12.7. The van der Waals surface area contributed by atoms with Crippen LogP contribution in [0.25, 0.3) is 0 Å². The third-order valence-electron chi connectivity index (χ3n) is 2.40. The molecule has 0 aliphatic rings. The van der Waals surface area contributed by atoms with Gasteiger partial charge < -0.3 is 16.8 Å². The fraction of sp³-hybridized carbons (Fsp3) is 1.00. The molecular weight excluding hydrogens is 220 g/mol. The largest absolute Gasteiger partial charge is 0.330 e.